The molecule has 0 aliphatic heterocycles. The first kappa shape index (κ1) is 25.1. The van der Waals surface area contributed by atoms with E-state index in [1.807, 2.05) is 30.3 Å². The van der Waals surface area contributed by atoms with Gasteiger partial charge in [0.25, 0.3) is 11.8 Å². The number of hydrogen-bond donors (Lipinski definition) is 2. The lowest BCUT2D eigenvalue weighted by atomic mass is 10.0. The minimum atomic E-state index is -0.566. The fraction of sp³-hybridized carbons (Fsp3) is 0.0370. The van der Waals surface area contributed by atoms with Crippen LogP contribution < -0.4 is 15.5 Å². The summed E-state index contributed by atoms with van der Waals surface area (Å²) in [6.45, 7) is -0.268. The molecule has 4 rings (SSSR count). The van der Waals surface area contributed by atoms with Crippen molar-refractivity contribution in [1.29, 1.82) is 0 Å². The molecule has 0 spiro atoms. The number of hydrazone groups is 1. The third-order valence-corrected chi connectivity index (χ3v) is 5.84. The molecule has 0 fully saturated rings. The van der Waals surface area contributed by atoms with Gasteiger partial charge < -0.3 is 10.1 Å². The maximum Gasteiger partial charge on any atom is 0.343 e. The molecule has 0 aliphatic carbocycles. The highest BCUT2D eigenvalue weighted by Gasteiger charge is 2.13. The predicted octanol–water partition coefficient (Wildman–Crippen LogP) is 5.36. The van der Waals surface area contributed by atoms with E-state index in [2.05, 4.69) is 31.8 Å². The van der Waals surface area contributed by atoms with Gasteiger partial charge in [0.2, 0.25) is 0 Å². The maximum absolute atomic E-state index is 12.6. The molecule has 9 heteroatoms. The Bertz CT molecular complexity index is 1470. The van der Waals surface area contributed by atoms with Crippen LogP contribution in [0.1, 0.15) is 26.3 Å². The van der Waals surface area contributed by atoms with Gasteiger partial charge in [-0.3, -0.25) is 9.59 Å². The van der Waals surface area contributed by atoms with E-state index in [1.54, 1.807) is 54.6 Å². The highest BCUT2D eigenvalue weighted by atomic mass is 79.9. The average Bonchev–Trinajstić information content (AvgIpc) is 2.88. The zero-order valence-electron chi connectivity index (χ0n) is 18.7. The number of carbonyl (C=O) groups excluding carboxylic acids is 3. The van der Waals surface area contributed by atoms with Gasteiger partial charge in [-0.05, 0) is 59.3 Å². The van der Waals surface area contributed by atoms with Crippen molar-refractivity contribution in [2.24, 2.45) is 5.10 Å². The van der Waals surface area contributed by atoms with Gasteiger partial charge in [-0.25, -0.2) is 10.2 Å². The molecule has 0 heterocycles. The fourth-order valence-electron chi connectivity index (χ4n) is 3.35. The van der Waals surface area contributed by atoms with Gasteiger partial charge in [0.15, 0.2) is 0 Å². The molecule has 2 amide bonds. The smallest absolute Gasteiger partial charge is 0.343 e. The van der Waals surface area contributed by atoms with Crippen LogP contribution in [0, 0.1) is 0 Å². The number of hydrogen-bond acceptors (Lipinski definition) is 5. The van der Waals surface area contributed by atoms with Crippen molar-refractivity contribution in [3.8, 4) is 5.75 Å². The van der Waals surface area contributed by atoms with Gasteiger partial charge in [0.05, 0.1) is 18.3 Å². The largest absolute Gasteiger partial charge is 0.422 e. The molecule has 0 saturated carbocycles. The Labute approximate surface area is 220 Å². The van der Waals surface area contributed by atoms with Crippen molar-refractivity contribution in [1.82, 2.24) is 10.7 Å². The number of rotatable bonds is 7. The lowest BCUT2D eigenvalue weighted by Gasteiger charge is -2.09. The Hall–Kier alpha value is -4.01. The predicted molar refractivity (Wildman–Crippen MR) is 143 cm³/mol. The summed E-state index contributed by atoms with van der Waals surface area (Å²) in [5.74, 6) is -1.20. The van der Waals surface area contributed by atoms with E-state index in [0.29, 0.717) is 21.7 Å². The first-order chi connectivity index (χ1) is 17.4. The highest BCUT2D eigenvalue weighted by Crippen LogP contribution is 2.23. The van der Waals surface area contributed by atoms with Crippen LogP contribution in [0.4, 0.5) is 0 Å². The number of esters is 1. The molecule has 4 aromatic carbocycles. The normalized spacial score (nSPS) is 10.8. The summed E-state index contributed by atoms with van der Waals surface area (Å²) in [7, 11) is 0. The molecule has 0 aliphatic rings. The minimum absolute atomic E-state index is 0.250. The van der Waals surface area contributed by atoms with Crippen molar-refractivity contribution in [3.05, 3.63) is 111 Å². The first-order valence-electron chi connectivity index (χ1n) is 10.8. The molecule has 0 atom stereocenters. The zero-order chi connectivity index (χ0) is 25.5. The van der Waals surface area contributed by atoms with Crippen molar-refractivity contribution >= 4 is 62.3 Å². The van der Waals surface area contributed by atoms with E-state index in [1.165, 1.54) is 6.21 Å². The summed E-state index contributed by atoms with van der Waals surface area (Å²) < 4.78 is 6.21. The van der Waals surface area contributed by atoms with Crippen molar-refractivity contribution in [2.45, 2.75) is 0 Å². The molecule has 0 unspecified atom stereocenters. The summed E-state index contributed by atoms with van der Waals surface area (Å²) in [4.78, 5) is 37.3. The zero-order valence-corrected chi connectivity index (χ0v) is 21.0. The van der Waals surface area contributed by atoms with E-state index in [9.17, 15) is 14.4 Å². The second-order valence-corrected chi connectivity index (χ2v) is 8.93. The Kier molecular flexibility index (Phi) is 8.10. The van der Waals surface area contributed by atoms with Gasteiger partial charge >= 0.3 is 5.97 Å². The standard InChI is InChI=1S/C27H19BrClN3O4/c28-20-10-13-24(36-27(35)18-8-11-21(29)12-9-18)19(14-20)15-31-32-25(33)16-30-26(34)23-7-3-5-17-4-1-2-6-22(17)23/h1-15H,16H2,(H,30,34)(H,32,33)/b31-15+. The number of benzene rings is 4. The topological polar surface area (TPSA) is 96.9 Å². The SMILES string of the molecule is O=C(CNC(=O)c1cccc2ccccc12)N/N=C/c1cc(Br)ccc1OC(=O)c1ccc(Cl)cc1. The molecule has 0 radical (unpaired) electrons. The second-order valence-electron chi connectivity index (χ2n) is 7.58. The number of fused-ring (bicyclic) bond motifs is 1. The molecule has 0 bridgehead atoms. The molecule has 180 valence electrons. The van der Waals surface area contributed by atoms with E-state index in [0.717, 1.165) is 15.2 Å². The Balaban J connectivity index is 1.36. The summed E-state index contributed by atoms with van der Waals surface area (Å²) in [5.41, 5.74) is 3.62. The van der Waals surface area contributed by atoms with Gasteiger partial charge in [0, 0.05) is 20.6 Å². The number of carbonyl (C=O) groups is 3. The van der Waals surface area contributed by atoms with Crippen LogP contribution >= 0.6 is 27.5 Å². The van der Waals surface area contributed by atoms with Crippen LogP contribution in [0.25, 0.3) is 10.8 Å². The molecule has 36 heavy (non-hydrogen) atoms. The monoisotopic (exact) mass is 563 g/mol. The molecular formula is C27H19BrClN3O4. The third kappa shape index (κ3) is 6.35. The van der Waals surface area contributed by atoms with Crippen LogP contribution in [0.15, 0.2) is 94.5 Å². The number of amides is 2. The lowest BCUT2D eigenvalue weighted by Crippen LogP contribution is -2.35. The van der Waals surface area contributed by atoms with Crippen molar-refractivity contribution in [2.75, 3.05) is 6.54 Å². The second kappa shape index (κ2) is 11.6. The molecule has 7 nitrogen and oxygen atoms in total. The Morgan fingerprint density at radius 3 is 2.50 bits per heavy atom. The highest BCUT2D eigenvalue weighted by molar-refractivity contribution is 9.10. The quantitative estimate of drug-likeness (QED) is 0.137. The van der Waals surface area contributed by atoms with E-state index < -0.39 is 11.9 Å². The van der Waals surface area contributed by atoms with Gasteiger partial charge in [-0.2, -0.15) is 5.10 Å². The minimum Gasteiger partial charge on any atom is -0.422 e. The summed E-state index contributed by atoms with van der Waals surface area (Å²) in [6, 6.07) is 24.2. The first-order valence-corrected chi connectivity index (χ1v) is 11.9. The van der Waals surface area contributed by atoms with Gasteiger partial charge in [-0.1, -0.05) is 63.9 Å². The Morgan fingerprint density at radius 2 is 1.69 bits per heavy atom. The Morgan fingerprint density at radius 1 is 0.944 bits per heavy atom. The van der Waals surface area contributed by atoms with Crippen LogP contribution in [0.5, 0.6) is 5.75 Å². The van der Waals surface area contributed by atoms with Gasteiger partial charge in [-0.15, -0.1) is 0 Å². The molecule has 0 saturated heterocycles. The molecule has 0 aromatic heterocycles. The van der Waals surface area contributed by atoms with Crippen LogP contribution in [-0.4, -0.2) is 30.5 Å². The van der Waals surface area contributed by atoms with E-state index in [4.69, 9.17) is 16.3 Å². The van der Waals surface area contributed by atoms with Gasteiger partial charge in [0.1, 0.15) is 5.75 Å². The van der Waals surface area contributed by atoms with E-state index in [-0.39, 0.29) is 18.2 Å². The summed E-state index contributed by atoms with van der Waals surface area (Å²) >= 11 is 9.23. The summed E-state index contributed by atoms with van der Waals surface area (Å²) in [6.07, 6.45) is 1.35. The van der Waals surface area contributed by atoms with Crippen molar-refractivity contribution in [3.63, 3.8) is 0 Å². The number of nitrogens with one attached hydrogen (secondary N) is 2. The molecule has 4 aromatic rings. The number of halogens is 2. The number of ether oxygens (including phenoxy) is 1. The van der Waals surface area contributed by atoms with Crippen LogP contribution in [-0.2, 0) is 4.79 Å². The van der Waals surface area contributed by atoms with Crippen LogP contribution in [0.3, 0.4) is 0 Å². The summed E-state index contributed by atoms with van der Waals surface area (Å²) in [5, 5.41) is 8.76. The third-order valence-electron chi connectivity index (χ3n) is 5.09. The molecule has 2 N–H and O–H groups in total. The maximum atomic E-state index is 12.6. The lowest BCUT2D eigenvalue weighted by molar-refractivity contribution is -0.120. The number of nitrogens with zero attached hydrogens (tertiary/aromatic N) is 1. The van der Waals surface area contributed by atoms with Crippen LogP contribution in [0.2, 0.25) is 5.02 Å². The fourth-order valence-corrected chi connectivity index (χ4v) is 3.86. The van der Waals surface area contributed by atoms with E-state index >= 15 is 0 Å². The van der Waals surface area contributed by atoms with Crippen molar-refractivity contribution < 1.29 is 19.1 Å². The molecular weight excluding hydrogens is 546 g/mol. The average molecular weight is 565 g/mol.